The lowest BCUT2D eigenvalue weighted by atomic mass is 10.1. The molecule has 0 bridgehead atoms. The molecular formula is C12H24N2O3. The van der Waals surface area contributed by atoms with Gasteiger partial charge < -0.3 is 10.4 Å². The van der Waals surface area contributed by atoms with Gasteiger partial charge in [0.05, 0.1) is 12.0 Å². The highest BCUT2D eigenvalue weighted by Gasteiger charge is 2.24. The number of hydrogen-bond acceptors (Lipinski definition) is 3. The zero-order valence-electron chi connectivity index (χ0n) is 11.4. The van der Waals surface area contributed by atoms with Gasteiger partial charge in [-0.05, 0) is 27.3 Å². The van der Waals surface area contributed by atoms with Crippen molar-refractivity contribution in [1.29, 1.82) is 0 Å². The van der Waals surface area contributed by atoms with Crippen molar-refractivity contribution in [2.75, 3.05) is 13.1 Å². The SMILES string of the molecule is CCN(CC(C)C(=O)O)C(C)C(=O)NC(C)C. The molecule has 0 aromatic heterocycles. The van der Waals surface area contributed by atoms with E-state index in [0.29, 0.717) is 13.1 Å². The molecule has 1 amide bonds. The highest BCUT2D eigenvalue weighted by Crippen LogP contribution is 2.05. The highest BCUT2D eigenvalue weighted by molar-refractivity contribution is 5.81. The standard InChI is InChI=1S/C12H24N2O3/c1-6-14(7-9(4)12(16)17)10(5)11(15)13-8(2)3/h8-10H,6-7H2,1-5H3,(H,13,15)(H,16,17). The summed E-state index contributed by atoms with van der Waals surface area (Å²) in [5, 5.41) is 11.7. The lowest BCUT2D eigenvalue weighted by Crippen LogP contribution is -2.48. The number of rotatable bonds is 7. The van der Waals surface area contributed by atoms with Gasteiger partial charge in [0.15, 0.2) is 0 Å². The van der Waals surface area contributed by atoms with Crippen molar-refractivity contribution in [3.8, 4) is 0 Å². The molecule has 2 atom stereocenters. The van der Waals surface area contributed by atoms with Gasteiger partial charge in [-0.25, -0.2) is 0 Å². The van der Waals surface area contributed by atoms with Gasteiger partial charge in [0, 0.05) is 12.6 Å². The molecular weight excluding hydrogens is 220 g/mol. The topological polar surface area (TPSA) is 69.6 Å². The van der Waals surface area contributed by atoms with Crippen LogP contribution in [0, 0.1) is 5.92 Å². The fourth-order valence-electron chi connectivity index (χ4n) is 1.56. The maximum atomic E-state index is 11.8. The number of hydrogen-bond donors (Lipinski definition) is 2. The van der Waals surface area contributed by atoms with E-state index in [9.17, 15) is 9.59 Å². The smallest absolute Gasteiger partial charge is 0.307 e. The van der Waals surface area contributed by atoms with E-state index in [0.717, 1.165) is 0 Å². The van der Waals surface area contributed by atoms with Crippen LogP contribution in [0.15, 0.2) is 0 Å². The number of carbonyl (C=O) groups is 2. The Morgan fingerprint density at radius 3 is 2.12 bits per heavy atom. The van der Waals surface area contributed by atoms with Crippen LogP contribution in [0.4, 0.5) is 0 Å². The first kappa shape index (κ1) is 15.9. The molecule has 0 rings (SSSR count). The molecule has 0 radical (unpaired) electrons. The van der Waals surface area contributed by atoms with E-state index < -0.39 is 11.9 Å². The molecule has 17 heavy (non-hydrogen) atoms. The molecule has 5 heteroatoms. The average Bonchev–Trinajstić information content (AvgIpc) is 2.23. The molecule has 0 aliphatic rings. The normalized spacial score (nSPS) is 14.8. The highest BCUT2D eigenvalue weighted by atomic mass is 16.4. The largest absolute Gasteiger partial charge is 0.481 e. The molecule has 0 spiro atoms. The van der Waals surface area contributed by atoms with Crippen LogP contribution in [-0.4, -0.2) is 47.1 Å². The summed E-state index contributed by atoms with van der Waals surface area (Å²) in [5.74, 6) is -1.36. The van der Waals surface area contributed by atoms with Crippen LogP contribution in [0.5, 0.6) is 0 Å². The minimum absolute atomic E-state index is 0.0561. The summed E-state index contributed by atoms with van der Waals surface area (Å²) < 4.78 is 0. The minimum atomic E-state index is -0.833. The van der Waals surface area contributed by atoms with Gasteiger partial charge in [-0.15, -0.1) is 0 Å². The number of carbonyl (C=O) groups excluding carboxylic acids is 1. The number of nitrogens with zero attached hydrogens (tertiary/aromatic N) is 1. The predicted octanol–water partition coefficient (Wildman–Crippen LogP) is 0.942. The zero-order chi connectivity index (χ0) is 13.6. The van der Waals surface area contributed by atoms with E-state index in [2.05, 4.69) is 5.32 Å². The Morgan fingerprint density at radius 1 is 1.24 bits per heavy atom. The lowest BCUT2D eigenvalue weighted by Gasteiger charge is -2.28. The molecule has 0 saturated heterocycles. The second-order valence-electron chi connectivity index (χ2n) is 4.67. The second kappa shape index (κ2) is 7.27. The van der Waals surface area contributed by atoms with Crippen LogP contribution in [0.2, 0.25) is 0 Å². The van der Waals surface area contributed by atoms with Gasteiger partial charge in [0.2, 0.25) is 5.91 Å². The summed E-state index contributed by atoms with van der Waals surface area (Å²) in [5.41, 5.74) is 0. The third-order valence-electron chi connectivity index (χ3n) is 2.69. The molecule has 2 N–H and O–H groups in total. The fourth-order valence-corrected chi connectivity index (χ4v) is 1.56. The number of carboxylic acid groups (broad SMARTS) is 1. The molecule has 0 aliphatic heterocycles. The molecule has 100 valence electrons. The van der Waals surface area contributed by atoms with Crippen LogP contribution in [0.25, 0.3) is 0 Å². The Labute approximate surface area is 103 Å². The van der Waals surface area contributed by atoms with Gasteiger partial charge in [-0.1, -0.05) is 13.8 Å². The number of nitrogens with one attached hydrogen (secondary N) is 1. The molecule has 0 aromatic rings. The van der Waals surface area contributed by atoms with Crippen molar-refractivity contribution in [1.82, 2.24) is 10.2 Å². The first-order valence-corrected chi connectivity index (χ1v) is 6.06. The first-order valence-electron chi connectivity index (χ1n) is 6.06. The second-order valence-corrected chi connectivity index (χ2v) is 4.67. The Morgan fingerprint density at radius 2 is 1.76 bits per heavy atom. The molecule has 0 aliphatic carbocycles. The van der Waals surface area contributed by atoms with E-state index in [-0.39, 0.29) is 18.0 Å². The quantitative estimate of drug-likeness (QED) is 0.699. The average molecular weight is 244 g/mol. The van der Waals surface area contributed by atoms with Crippen molar-refractivity contribution >= 4 is 11.9 Å². The van der Waals surface area contributed by atoms with Crippen molar-refractivity contribution < 1.29 is 14.7 Å². The fraction of sp³-hybridized carbons (Fsp3) is 0.833. The van der Waals surface area contributed by atoms with Crippen molar-refractivity contribution in [2.45, 2.75) is 46.7 Å². The summed E-state index contributed by atoms with van der Waals surface area (Å²) in [6.45, 7) is 10.2. The Kier molecular flexibility index (Phi) is 6.80. The van der Waals surface area contributed by atoms with Crippen LogP contribution >= 0.6 is 0 Å². The molecule has 0 fully saturated rings. The molecule has 0 aromatic carbocycles. The van der Waals surface area contributed by atoms with Crippen LogP contribution in [0.1, 0.15) is 34.6 Å². The Bertz CT molecular complexity index is 266. The van der Waals surface area contributed by atoms with E-state index in [4.69, 9.17) is 5.11 Å². The number of amides is 1. The number of carboxylic acids is 1. The molecule has 0 saturated carbocycles. The van der Waals surface area contributed by atoms with Gasteiger partial charge >= 0.3 is 5.97 Å². The van der Waals surface area contributed by atoms with Gasteiger partial charge in [-0.3, -0.25) is 14.5 Å². The van der Waals surface area contributed by atoms with Gasteiger partial charge in [-0.2, -0.15) is 0 Å². The third-order valence-corrected chi connectivity index (χ3v) is 2.69. The van der Waals surface area contributed by atoms with E-state index >= 15 is 0 Å². The van der Waals surface area contributed by atoms with E-state index in [1.807, 2.05) is 25.7 Å². The van der Waals surface area contributed by atoms with Crippen LogP contribution < -0.4 is 5.32 Å². The summed E-state index contributed by atoms with van der Waals surface area (Å²) in [7, 11) is 0. The Hall–Kier alpha value is -1.10. The van der Waals surface area contributed by atoms with Crippen molar-refractivity contribution in [3.05, 3.63) is 0 Å². The first-order chi connectivity index (χ1) is 7.79. The number of aliphatic carboxylic acids is 1. The van der Waals surface area contributed by atoms with E-state index in [1.165, 1.54) is 0 Å². The van der Waals surface area contributed by atoms with E-state index in [1.54, 1.807) is 13.8 Å². The summed E-state index contributed by atoms with van der Waals surface area (Å²) in [6, 6.07) is -0.204. The third kappa shape index (κ3) is 5.68. The summed E-state index contributed by atoms with van der Waals surface area (Å²) >= 11 is 0. The Balaban J connectivity index is 4.44. The maximum Gasteiger partial charge on any atom is 0.307 e. The molecule has 5 nitrogen and oxygen atoms in total. The van der Waals surface area contributed by atoms with Gasteiger partial charge in [0.25, 0.3) is 0 Å². The monoisotopic (exact) mass is 244 g/mol. The van der Waals surface area contributed by atoms with Crippen LogP contribution in [-0.2, 0) is 9.59 Å². The van der Waals surface area contributed by atoms with Crippen LogP contribution in [0.3, 0.4) is 0 Å². The molecule has 2 unspecified atom stereocenters. The summed E-state index contributed by atoms with van der Waals surface area (Å²) in [4.78, 5) is 24.5. The van der Waals surface area contributed by atoms with Gasteiger partial charge in [0.1, 0.15) is 0 Å². The molecule has 0 heterocycles. The van der Waals surface area contributed by atoms with Crippen molar-refractivity contribution in [2.24, 2.45) is 5.92 Å². The minimum Gasteiger partial charge on any atom is -0.481 e. The predicted molar refractivity (Wildman–Crippen MR) is 66.8 cm³/mol. The lowest BCUT2D eigenvalue weighted by molar-refractivity contribution is -0.142. The maximum absolute atomic E-state index is 11.8. The number of likely N-dealkylation sites (N-methyl/N-ethyl adjacent to an activating group) is 1. The van der Waals surface area contributed by atoms with Crippen molar-refractivity contribution in [3.63, 3.8) is 0 Å². The zero-order valence-corrected chi connectivity index (χ0v) is 11.4. The summed E-state index contributed by atoms with van der Waals surface area (Å²) in [6.07, 6.45) is 0.